The van der Waals surface area contributed by atoms with Gasteiger partial charge in [0.15, 0.2) is 0 Å². The molecule has 2 N–H and O–H groups in total. The number of aromatic nitrogens is 2. The first-order chi connectivity index (χ1) is 8.83. The van der Waals surface area contributed by atoms with Crippen molar-refractivity contribution >= 4 is 22.8 Å². The van der Waals surface area contributed by atoms with Crippen LogP contribution in [0.1, 0.15) is 24.8 Å². The van der Waals surface area contributed by atoms with Gasteiger partial charge in [0.1, 0.15) is 5.65 Å². The van der Waals surface area contributed by atoms with E-state index in [4.69, 9.17) is 0 Å². The highest BCUT2D eigenvalue weighted by Crippen LogP contribution is 2.42. The number of aromatic amines is 1. The molecule has 0 saturated heterocycles. The second-order valence-electron chi connectivity index (χ2n) is 5.06. The van der Waals surface area contributed by atoms with E-state index in [1.165, 1.54) is 30.2 Å². The molecule has 2 aromatic rings. The van der Waals surface area contributed by atoms with Gasteiger partial charge in [-0.2, -0.15) is 11.8 Å². The molecule has 0 aliphatic heterocycles. The number of nitrogens with one attached hydrogen (secondary N) is 2. The lowest BCUT2D eigenvalue weighted by Gasteiger charge is -2.40. The van der Waals surface area contributed by atoms with Crippen molar-refractivity contribution in [3.8, 4) is 0 Å². The highest BCUT2D eigenvalue weighted by molar-refractivity contribution is 8.00. The van der Waals surface area contributed by atoms with Crippen LogP contribution in [0.25, 0.3) is 11.0 Å². The Balaban J connectivity index is 1.63. The highest BCUT2D eigenvalue weighted by atomic mass is 32.2. The highest BCUT2D eigenvalue weighted by Gasteiger charge is 2.35. The Morgan fingerprint density at radius 1 is 1.50 bits per heavy atom. The zero-order valence-corrected chi connectivity index (χ0v) is 11.5. The minimum Gasteiger partial charge on any atom is -0.346 e. The largest absolute Gasteiger partial charge is 0.346 e. The average Bonchev–Trinajstić information content (AvgIpc) is 2.76. The second kappa shape index (κ2) is 4.94. The van der Waals surface area contributed by atoms with E-state index in [1.807, 2.05) is 24.0 Å². The number of nitrogens with zero attached hydrogens (tertiary/aromatic N) is 1. The zero-order chi connectivity index (χ0) is 12.4. The van der Waals surface area contributed by atoms with Crippen molar-refractivity contribution in [1.82, 2.24) is 15.3 Å². The maximum atomic E-state index is 4.31. The fourth-order valence-corrected chi connectivity index (χ4v) is 3.55. The smallest absolute Gasteiger partial charge is 0.137 e. The molecule has 2 heterocycles. The summed E-state index contributed by atoms with van der Waals surface area (Å²) in [5.74, 6) is 0. The van der Waals surface area contributed by atoms with Crippen molar-refractivity contribution in [3.63, 3.8) is 0 Å². The molecule has 0 amide bonds. The molecule has 0 unspecified atom stereocenters. The zero-order valence-electron chi connectivity index (χ0n) is 10.7. The van der Waals surface area contributed by atoms with Gasteiger partial charge >= 0.3 is 0 Å². The first-order valence-corrected chi connectivity index (χ1v) is 7.72. The number of thioether (sulfide) groups is 1. The molecule has 0 radical (unpaired) electrons. The van der Waals surface area contributed by atoms with Crippen LogP contribution in [0.15, 0.2) is 24.5 Å². The van der Waals surface area contributed by atoms with Gasteiger partial charge in [0.05, 0.1) is 0 Å². The fourth-order valence-electron chi connectivity index (χ4n) is 2.61. The number of fused-ring (bicyclic) bond motifs is 1. The predicted octanol–water partition coefficient (Wildman–Crippen LogP) is 2.94. The van der Waals surface area contributed by atoms with E-state index in [-0.39, 0.29) is 0 Å². The average molecular weight is 261 g/mol. The maximum absolute atomic E-state index is 4.31. The molecule has 0 atom stereocenters. The molecular weight excluding hydrogens is 242 g/mol. The van der Waals surface area contributed by atoms with Gasteiger partial charge in [-0.25, -0.2) is 4.98 Å². The molecule has 0 bridgehead atoms. The summed E-state index contributed by atoms with van der Waals surface area (Å²) in [6.45, 7) is 2.04. The van der Waals surface area contributed by atoms with Crippen LogP contribution in [0.2, 0.25) is 0 Å². The molecule has 3 rings (SSSR count). The minimum absolute atomic E-state index is 0.504. The molecule has 1 fully saturated rings. The van der Waals surface area contributed by atoms with E-state index < -0.39 is 0 Å². The summed E-state index contributed by atoms with van der Waals surface area (Å²) in [6, 6.07) is 4.12. The van der Waals surface area contributed by atoms with E-state index in [0.29, 0.717) is 4.75 Å². The molecule has 1 aliphatic carbocycles. The number of hydrogen-bond acceptors (Lipinski definition) is 3. The van der Waals surface area contributed by atoms with E-state index in [0.717, 1.165) is 18.7 Å². The first-order valence-electron chi connectivity index (χ1n) is 6.50. The molecule has 4 heteroatoms. The van der Waals surface area contributed by atoms with Gasteiger partial charge in [0, 0.05) is 35.6 Å². The molecule has 2 aromatic heterocycles. The molecule has 18 heavy (non-hydrogen) atoms. The number of pyridine rings is 1. The van der Waals surface area contributed by atoms with Gasteiger partial charge < -0.3 is 10.3 Å². The van der Waals surface area contributed by atoms with Crippen molar-refractivity contribution in [3.05, 3.63) is 30.1 Å². The van der Waals surface area contributed by atoms with E-state index in [2.05, 4.69) is 33.8 Å². The Morgan fingerprint density at radius 2 is 2.39 bits per heavy atom. The summed E-state index contributed by atoms with van der Waals surface area (Å²) >= 11 is 2.02. The van der Waals surface area contributed by atoms with Gasteiger partial charge in [-0.3, -0.25) is 0 Å². The molecule has 1 aliphatic rings. The van der Waals surface area contributed by atoms with Crippen molar-refractivity contribution in [2.24, 2.45) is 0 Å². The van der Waals surface area contributed by atoms with Gasteiger partial charge in [-0.1, -0.05) is 6.42 Å². The lowest BCUT2D eigenvalue weighted by Crippen LogP contribution is -2.43. The van der Waals surface area contributed by atoms with Crippen LogP contribution in [0, 0.1) is 0 Å². The Morgan fingerprint density at radius 3 is 3.11 bits per heavy atom. The van der Waals surface area contributed by atoms with Crippen LogP contribution in [-0.4, -0.2) is 27.5 Å². The van der Waals surface area contributed by atoms with E-state index in [9.17, 15) is 0 Å². The number of rotatable bonds is 5. The molecule has 3 nitrogen and oxygen atoms in total. The predicted molar refractivity (Wildman–Crippen MR) is 77.9 cm³/mol. The third-order valence-corrected chi connectivity index (χ3v) is 5.42. The SMILES string of the molecule is CSC1(CNCc2c[nH]c3ncccc23)CCC1. The molecule has 1 saturated carbocycles. The van der Waals surface area contributed by atoms with Crippen LogP contribution >= 0.6 is 11.8 Å². The van der Waals surface area contributed by atoms with Crippen LogP contribution < -0.4 is 5.32 Å². The summed E-state index contributed by atoms with van der Waals surface area (Å²) in [4.78, 5) is 7.54. The Hall–Kier alpha value is -1.00. The topological polar surface area (TPSA) is 40.7 Å². The quantitative estimate of drug-likeness (QED) is 0.869. The van der Waals surface area contributed by atoms with Gasteiger partial charge in [-0.15, -0.1) is 0 Å². The van der Waals surface area contributed by atoms with Crippen LogP contribution in [0.4, 0.5) is 0 Å². The maximum Gasteiger partial charge on any atom is 0.137 e. The van der Waals surface area contributed by atoms with Crippen LogP contribution in [-0.2, 0) is 6.54 Å². The fraction of sp³-hybridized carbons (Fsp3) is 0.500. The summed E-state index contributed by atoms with van der Waals surface area (Å²) in [7, 11) is 0. The lowest BCUT2D eigenvalue weighted by molar-refractivity contribution is 0.345. The number of H-pyrrole nitrogens is 1. The third-order valence-electron chi connectivity index (χ3n) is 4.00. The Labute approximate surface area is 112 Å². The monoisotopic (exact) mass is 261 g/mol. The normalized spacial score (nSPS) is 17.8. The summed E-state index contributed by atoms with van der Waals surface area (Å²) < 4.78 is 0.504. The van der Waals surface area contributed by atoms with Gasteiger partial charge in [-0.05, 0) is 36.8 Å². The van der Waals surface area contributed by atoms with Crippen molar-refractivity contribution < 1.29 is 0 Å². The third kappa shape index (κ3) is 2.15. The second-order valence-corrected chi connectivity index (χ2v) is 6.33. The molecule has 96 valence electrons. The molecular formula is C14H19N3S. The van der Waals surface area contributed by atoms with E-state index in [1.54, 1.807) is 0 Å². The standard InChI is InChI=1S/C14H19N3S/c1-18-14(5-3-6-14)10-15-8-11-9-17-13-12(11)4-2-7-16-13/h2,4,7,9,15H,3,5-6,8,10H2,1H3,(H,16,17). The van der Waals surface area contributed by atoms with Crippen molar-refractivity contribution in [2.45, 2.75) is 30.6 Å². The van der Waals surface area contributed by atoms with Crippen LogP contribution in [0.5, 0.6) is 0 Å². The van der Waals surface area contributed by atoms with Crippen molar-refractivity contribution in [1.29, 1.82) is 0 Å². The lowest BCUT2D eigenvalue weighted by atomic mass is 9.84. The Bertz CT molecular complexity index is 525. The summed E-state index contributed by atoms with van der Waals surface area (Å²) in [6.07, 6.45) is 10.2. The van der Waals surface area contributed by atoms with Crippen LogP contribution in [0.3, 0.4) is 0 Å². The molecule has 0 spiro atoms. The van der Waals surface area contributed by atoms with Gasteiger partial charge in [0.2, 0.25) is 0 Å². The summed E-state index contributed by atoms with van der Waals surface area (Å²) in [5.41, 5.74) is 2.30. The first kappa shape index (κ1) is 12.1. The minimum atomic E-state index is 0.504. The summed E-state index contributed by atoms with van der Waals surface area (Å²) in [5, 5.41) is 4.84. The molecule has 0 aromatic carbocycles. The van der Waals surface area contributed by atoms with Crippen molar-refractivity contribution in [2.75, 3.05) is 12.8 Å². The van der Waals surface area contributed by atoms with Gasteiger partial charge in [0.25, 0.3) is 0 Å². The van der Waals surface area contributed by atoms with E-state index >= 15 is 0 Å². The Kier molecular flexibility index (Phi) is 3.31. The number of hydrogen-bond donors (Lipinski definition) is 2.